The predicted octanol–water partition coefficient (Wildman–Crippen LogP) is 2.59. The van der Waals surface area contributed by atoms with Crippen molar-refractivity contribution in [3.05, 3.63) is 35.4 Å². The molecule has 0 aliphatic carbocycles. The molecule has 1 unspecified atom stereocenters. The van der Waals surface area contributed by atoms with Gasteiger partial charge in [0.2, 0.25) is 5.91 Å². The van der Waals surface area contributed by atoms with Gasteiger partial charge in [0.15, 0.2) is 0 Å². The Bertz CT molecular complexity index is 386. The number of hydrogen-bond donors (Lipinski definition) is 1. The third-order valence-electron chi connectivity index (χ3n) is 3.23. The minimum atomic E-state index is 0.0639. The molecule has 1 atom stereocenters. The van der Waals surface area contributed by atoms with Crippen LogP contribution in [0.15, 0.2) is 24.3 Å². The maximum Gasteiger partial charge on any atom is 0.227 e. The Hall–Kier alpha value is -1.31. The van der Waals surface area contributed by atoms with Gasteiger partial charge in [-0.3, -0.25) is 4.79 Å². The van der Waals surface area contributed by atoms with Crippen LogP contribution in [0, 0.1) is 0 Å². The third-order valence-corrected chi connectivity index (χ3v) is 3.23. The first-order valence-electron chi connectivity index (χ1n) is 5.86. The van der Waals surface area contributed by atoms with Gasteiger partial charge < -0.3 is 5.32 Å². The quantitative estimate of drug-likeness (QED) is 0.769. The number of amides is 1. The Labute approximate surface area is 97.1 Å². The van der Waals surface area contributed by atoms with E-state index in [2.05, 4.69) is 50.4 Å². The van der Waals surface area contributed by atoms with Crippen LogP contribution in [-0.4, -0.2) is 12.5 Å². The van der Waals surface area contributed by atoms with Crippen molar-refractivity contribution >= 4 is 5.91 Å². The van der Waals surface area contributed by atoms with Crippen molar-refractivity contribution in [2.45, 2.75) is 38.5 Å². The maximum atomic E-state index is 11.5. The third kappa shape index (κ3) is 2.11. The van der Waals surface area contributed by atoms with Crippen LogP contribution in [0.4, 0.5) is 0 Å². The van der Waals surface area contributed by atoms with Gasteiger partial charge in [-0.25, -0.2) is 0 Å². The largest absolute Gasteiger partial charge is 0.356 e. The number of hydrogen-bond acceptors (Lipinski definition) is 1. The molecule has 2 nitrogen and oxygen atoms in total. The molecule has 1 saturated heterocycles. The molecule has 1 aromatic carbocycles. The van der Waals surface area contributed by atoms with E-state index < -0.39 is 0 Å². The molecule has 1 aromatic rings. The molecule has 0 spiro atoms. The fourth-order valence-corrected chi connectivity index (χ4v) is 2.13. The molecule has 1 amide bonds. The predicted molar refractivity (Wildman–Crippen MR) is 65.5 cm³/mol. The molecule has 1 N–H and O–H groups in total. The van der Waals surface area contributed by atoms with E-state index in [1.54, 1.807) is 0 Å². The van der Waals surface area contributed by atoms with E-state index in [0.29, 0.717) is 0 Å². The first kappa shape index (κ1) is 11.2. The smallest absolute Gasteiger partial charge is 0.227 e. The van der Waals surface area contributed by atoms with E-state index in [1.807, 2.05) is 0 Å². The second-order valence-corrected chi connectivity index (χ2v) is 5.50. The zero-order chi connectivity index (χ0) is 11.8. The number of rotatable bonds is 1. The lowest BCUT2D eigenvalue weighted by atomic mass is 9.85. The highest BCUT2D eigenvalue weighted by Crippen LogP contribution is 2.27. The fourth-order valence-electron chi connectivity index (χ4n) is 2.13. The number of nitrogens with one attached hydrogen (secondary N) is 1. The van der Waals surface area contributed by atoms with E-state index in [9.17, 15) is 4.79 Å². The van der Waals surface area contributed by atoms with Crippen molar-refractivity contribution in [2.24, 2.45) is 0 Å². The van der Waals surface area contributed by atoms with Crippen LogP contribution in [0.2, 0.25) is 0 Å². The molecule has 2 rings (SSSR count). The van der Waals surface area contributed by atoms with Gasteiger partial charge in [-0.2, -0.15) is 0 Å². The molecule has 0 bridgehead atoms. The van der Waals surface area contributed by atoms with E-state index in [0.717, 1.165) is 18.5 Å². The first-order chi connectivity index (χ1) is 7.48. The topological polar surface area (TPSA) is 29.1 Å². The summed E-state index contributed by atoms with van der Waals surface area (Å²) >= 11 is 0. The molecular formula is C14H19NO. The van der Waals surface area contributed by atoms with E-state index in [1.165, 1.54) is 5.56 Å². The highest BCUT2D eigenvalue weighted by molar-refractivity contribution is 5.85. The summed E-state index contributed by atoms with van der Waals surface area (Å²) in [5, 5.41) is 2.87. The van der Waals surface area contributed by atoms with Gasteiger partial charge in [0.05, 0.1) is 5.92 Å². The highest BCUT2D eigenvalue weighted by Gasteiger charge is 2.25. The molecule has 1 heterocycles. The van der Waals surface area contributed by atoms with Gasteiger partial charge in [0, 0.05) is 6.54 Å². The van der Waals surface area contributed by atoms with Gasteiger partial charge in [0.1, 0.15) is 0 Å². The number of carbonyl (C=O) groups is 1. The average Bonchev–Trinajstić information content (AvgIpc) is 2.63. The minimum absolute atomic E-state index is 0.0639. The maximum absolute atomic E-state index is 11.5. The molecule has 1 fully saturated rings. The lowest BCUT2D eigenvalue weighted by Crippen LogP contribution is -2.18. The second-order valence-electron chi connectivity index (χ2n) is 5.50. The molecule has 1 aliphatic rings. The molecule has 0 saturated carbocycles. The standard InChI is InChI=1S/C14H19NO/c1-14(2,3)11-6-4-10(5-7-11)12-8-9-15-13(12)16/h4-7,12H,8-9H2,1-3H3,(H,15,16). The van der Waals surface area contributed by atoms with Gasteiger partial charge in [-0.05, 0) is 23.0 Å². The highest BCUT2D eigenvalue weighted by atomic mass is 16.2. The van der Waals surface area contributed by atoms with Crippen LogP contribution in [-0.2, 0) is 10.2 Å². The molecule has 0 radical (unpaired) electrons. The van der Waals surface area contributed by atoms with Crippen molar-refractivity contribution in [2.75, 3.05) is 6.54 Å². The summed E-state index contributed by atoms with van der Waals surface area (Å²) in [6, 6.07) is 8.47. The summed E-state index contributed by atoms with van der Waals surface area (Å²) in [5.41, 5.74) is 2.63. The van der Waals surface area contributed by atoms with Gasteiger partial charge in [-0.1, -0.05) is 45.0 Å². The van der Waals surface area contributed by atoms with Crippen molar-refractivity contribution in [3.63, 3.8) is 0 Å². The Kier molecular flexibility index (Phi) is 2.75. The Morgan fingerprint density at radius 2 is 1.81 bits per heavy atom. The van der Waals surface area contributed by atoms with Gasteiger partial charge in [0.25, 0.3) is 0 Å². The van der Waals surface area contributed by atoms with Crippen LogP contribution < -0.4 is 5.32 Å². The molecule has 0 aromatic heterocycles. The molecular weight excluding hydrogens is 198 g/mol. The van der Waals surface area contributed by atoms with Crippen molar-refractivity contribution < 1.29 is 4.79 Å². The lowest BCUT2D eigenvalue weighted by Gasteiger charge is -2.19. The number of carbonyl (C=O) groups excluding carboxylic acids is 1. The fraction of sp³-hybridized carbons (Fsp3) is 0.500. The normalized spacial score (nSPS) is 20.9. The summed E-state index contributed by atoms with van der Waals surface area (Å²) in [7, 11) is 0. The zero-order valence-corrected chi connectivity index (χ0v) is 10.2. The molecule has 16 heavy (non-hydrogen) atoms. The SMILES string of the molecule is CC(C)(C)c1ccc(C2CCNC2=O)cc1. The summed E-state index contributed by atoms with van der Waals surface area (Å²) in [5.74, 6) is 0.234. The first-order valence-corrected chi connectivity index (χ1v) is 5.86. The van der Waals surface area contributed by atoms with E-state index in [4.69, 9.17) is 0 Å². The Morgan fingerprint density at radius 3 is 2.25 bits per heavy atom. The summed E-state index contributed by atoms with van der Waals surface area (Å²) in [6.07, 6.45) is 0.924. The monoisotopic (exact) mass is 217 g/mol. The van der Waals surface area contributed by atoms with Crippen molar-refractivity contribution in [1.29, 1.82) is 0 Å². The number of benzene rings is 1. The molecule has 86 valence electrons. The van der Waals surface area contributed by atoms with Crippen LogP contribution in [0.5, 0.6) is 0 Å². The average molecular weight is 217 g/mol. The molecule has 2 heteroatoms. The van der Waals surface area contributed by atoms with Crippen LogP contribution >= 0.6 is 0 Å². The second kappa shape index (κ2) is 3.93. The van der Waals surface area contributed by atoms with Gasteiger partial charge >= 0.3 is 0 Å². The minimum Gasteiger partial charge on any atom is -0.356 e. The van der Waals surface area contributed by atoms with Gasteiger partial charge in [-0.15, -0.1) is 0 Å². The van der Waals surface area contributed by atoms with E-state index >= 15 is 0 Å². The van der Waals surface area contributed by atoms with E-state index in [-0.39, 0.29) is 17.2 Å². The van der Waals surface area contributed by atoms with Crippen molar-refractivity contribution in [1.82, 2.24) is 5.32 Å². The summed E-state index contributed by atoms with van der Waals surface area (Å²) < 4.78 is 0. The molecule has 1 aliphatic heterocycles. The Balaban J connectivity index is 2.22. The zero-order valence-electron chi connectivity index (χ0n) is 10.2. The van der Waals surface area contributed by atoms with Crippen LogP contribution in [0.3, 0.4) is 0 Å². The van der Waals surface area contributed by atoms with Crippen LogP contribution in [0.25, 0.3) is 0 Å². The van der Waals surface area contributed by atoms with Crippen molar-refractivity contribution in [3.8, 4) is 0 Å². The lowest BCUT2D eigenvalue weighted by molar-refractivity contribution is -0.120. The Morgan fingerprint density at radius 1 is 1.19 bits per heavy atom. The summed E-state index contributed by atoms with van der Waals surface area (Å²) in [6.45, 7) is 7.41. The van der Waals surface area contributed by atoms with Crippen LogP contribution in [0.1, 0.15) is 44.2 Å². The summed E-state index contributed by atoms with van der Waals surface area (Å²) in [4.78, 5) is 11.5.